The average molecular weight is 308 g/mol. The Morgan fingerprint density at radius 2 is 1.05 bits per heavy atom. The minimum absolute atomic E-state index is 0.125. The molecule has 0 fully saturated rings. The van der Waals surface area contributed by atoms with Crippen LogP contribution >= 0.6 is 0 Å². The molecule has 0 aliphatic rings. The maximum atomic E-state index is 5.77. The lowest BCUT2D eigenvalue weighted by atomic mass is 10.2. The van der Waals surface area contributed by atoms with Gasteiger partial charge in [0.1, 0.15) is 12.5 Å². The molecule has 0 bridgehead atoms. The van der Waals surface area contributed by atoms with Gasteiger partial charge in [0.2, 0.25) is 0 Å². The maximum absolute atomic E-state index is 5.77. The van der Waals surface area contributed by atoms with E-state index >= 15 is 0 Å². The van der Waals surface area contributed by atoms with E-state index < -0.39 is 0 Å². The van der Waals surface area contributed by atoms with Crippen LogP contribution in [-0.4, -0.2) is 39.8 Å². The van der Waals surface area contributed by atoms with E-state index in [1.54, 1.807) is 0 Å². The first-order chi connectivity index (χ1) is 10.6. The lowest BCUT2D eigenvalue weighted by Gasteiger charge is -2.31. The Morgan fingerprint density at radius 3 is 1.27 bits per heavy atom. The van der Waals surface area contributed by atoms with Crippen LogP contribution in [0.25, 0.3) is 0 Å². The summed E-state index contributed by atoms with van der Waals surface area (Å²) in [5.41, 5.74) is 2.34. The predicted molar refractivity (Wildman–Crippen MR) is 94.7 cm³/mol. The summed E-state index contributed by atoms with van der Waals surface area (Å²) >= 11 is 0. The molecule has 1 rings (SSSR count). The van der Waals surface area contributed by atoms with E-state index in [0.29, 0.717) is 0 Å². The van der Waals surface area contributed by atoms with Gasteiger partial charge in [-0.3, -0.25) is 0 Å². The summed E-state index contributed by atoms with van der Waals surface area (Å²) in [6.45, 7) is 9.83. The first-order valence-electron chi connectivity index (χ1n) is 8.37. The molecule has 0 aliphatic heterocycles. The lowest BCUT2D eigenvalue weighted by Crippen LogP contribution is -2.34. The fourth-order valence-corrected chi connectivity index (χ4v) is 2.65. The molecule has 0 spiro atoms. The second kappa shape index (κ2) is 9.70. The molecule has 2 atom stereocenters. The van der Waals surface area contributed by atoms with Crippen molar-refractivity contribution in [3.63, 3.8) is 0 Å². The molecule has 2 unspecified atom stereocenters. The summed E-state index contributed by atoms with van der Waals surface area (Å²) in [5, 5.41) is 0. The Labute approximate surface area is 136 Å². The first-order valence-corrected chi connectivity index (χ1v) is 8.37. The smallest absolute Gasteiger partial charge is 0.129 e. The van der Waals surface area contributed by atoms with E-state index in [1.807, 2.05) is 13.8 Å². The normalized spacial score (nSPS) is 13.7. The molecule has 0 amide bonds. The summed E-state index contributed by atoms with van der Waals surface area (Å²) in [5.74, 6) is 0. The summed E-state index contributed by atoms with van der Waals surface area (Å²) in [6.07, 6.45) is 2.18. The lowest BCUT2D eigenvalue weighted by molar-refractivity contribution is 0.0607. The number of benzene rings is 1. The highest BCUT2D eigenvalue weighted by Gasteiger charge is 2.15. The zero-order valence-electron chi connectivity index (χ0n) is 15.0. The first kappa shape index (κ1) is 18.8. The van der Waals surface area contributed by atoms with Crippen molar-refractivity contribution in [2.75, 3.05) is 37.1 Å². The zero-order chi connectivity index (χ0) is 16.5. The summed E-state index contributed by atoms with van der Waals surface area (Å²) in [7, 11) is 4.16. The molecule has 0 heterocycles. The van der Waals surface area contributed by atoms with Crippen molar-refractivity contribution in [2.45, 2.75) is 53.0 Å². The number of hydrogen-bond acceptors (Lipinski definition) is 4. The van der Waals surface area contributed by atoms with Crippen LogP contribution in [0.5, 0.6) is 0 Å². The highest BCUT2D eigenvalue weighted by atomic mass is 16.5. The molecule has 0 radical (unpaired) electrons. The molecule has 0 aliphatic carbocycles. The molecule has 0 N–H and O–H groups in total. The Bertz CT molecular complexity index is 369. The molecule has 4 heteroatoms. The van der Waals surface area contributed by atoms with Gasteiger partial charge in [-0.15, -0.1) is 0 Å². The number of nitrogens with zero attached hydrogens (tertiary/aromatic N) is 2. The Hall–Kier alpha value is -1.26. The predicted octanol–water partition coefficient (Wildman–Crippen LogP) is 4.10. The van der Waals surface area contributed by atoms with Crippen LogP contribution in [0.2, 0.25) is 0 Å². The minimum atomic E-state index is 0.125. The van der Waals surface area contributed by atoms with Gasteiger partial charge in [0, 0.05) is 38.7 Å². The molecule has 22 heavy (non-hydrogen) atoms. The van der Waals surface area contributed by atoms with Gasteiger partial charge in [-0.25, -0.2) is 0 Å². The molecule has 126 valence electrons. The fraction of sp³-hybridized carbons (Fsp3) is 0.667. The van der Waals surface area contributed by atoms with E-state index in [0.717, 1.165) is 26.1 Å². The van der Waals surface area contributed by atoms with Gasteiger partial charge in [0.25, 0.3) is 0 Å². The van der Waals surface area contributed by atoms with Gasteiger partial charge in [-0.2, -0.15) is 0 Å². The van der Waals surface area contributed by atoms with Crippen LogP contribution in [0.4, 0.5) is 11.4 Å². The van der Waals surface area contributed by atoms with Crippen molar-refractivity contribution in [3.05, 3.63) is 24.3 Å². The minimum Gasteiger partial charge on any atom is -0.359 e. The van der Waals surface area contributed by atoms with Crippen LogP contribution in [0.1, 0.15) is 40.5 Å². The summed E-state index contributed by atoms with van der Waals surface area (Å²) in [6, 6.07) is 8.58. The van der Waals surface area contributed by atoms with Gasteiger partial charge in [0.15, 0.2) is 0 Å². The number of hydrogen-bond donors (Lipinski definition) is 0. The number of ether oxygens (including phenoxy) is 2. The van der Waals surface area contributed by atoms with E-state index in [-0.39, 0.29) is 12.5 Å². The third kappa shape index (κ3) is 4.89. The third-order valence-electron chi connectivity index (χ3n) is 3.94. The number of anilines is 2. The van der Waals surface area contributed by atoms with Gasteiger partial charge < -0.3 is 19.3 Å². The SMILES string of the molecule is CCOC(CC)N(C)c1ccc(N(C)C(CC)OCC)cc1. The molecule has 1 aromatic rings. The van der Waals surface area contributed by atoms with Crippen molar-refractivity contribution < 1.29 is 9.47 Å². The van der Waals surface area contributed by atoms with Gasteiger partial charge in [-0.1, -0.05) is 13.8 Å². The highest BCUT2D eigenvalue weighted by Crippen LogP contribution is 2.23. The van der Waals surface area contributed by atoms with E-state index in [1.165, 1.54) is 11.4 Å². The molecule has 1 aromatic carbocycles. The van der Waals surface area contributed by atoms with Crippen molar-refractivity contribution >= 4 is 11.4 Å². The molecule has 0 saturated carbocycles. The van der Waals surface area contributed by atoms with E-state index in [9.17, 15) is 0 Å². The molecule has 4 nitrogen and oxygen atoms in total. The maximum Gasteiger partial charge on any atom is 0.129 e. The van der Waals surface area contributed by atoms with Crippen LogP contribution in [0.3, 0.4) is 0 Å². The van der Waals surface area contributed by atoms with Gasteiger partial charge in [-0.05, 0) is 51.0 Å². The van der Waals surface area contributed by atoms with Crippen LogP contribution in [0, 0.1) is 0 Å². The van der Waals surface area contributed by atoms with Crippen molar-refractivity contribution in [3.8, 4) is 0 Å². The third-order valence-corrected chi connectivity index (χ3v) is 3.94. The largest absolute Gasteiger partial charge is 0.359 e. The molecule has 0 saturated heterocycles. The Kier molecular flexibility index (Phi) is 8.28. The van der Waals surface area contributed by atoms with Crippen molar-refractivity contribution in [1.29, 1.82) is 0 Å². The standard InChI is InChI=1S/C18H32N2O2/c1-7-17(21-9-3)19(5)15-11-13-16(14-12-15)20(6)18(8-2)22-10-4/h11-14,17-18H,7-10H2,1-6H3. The molecular formula is C18H32N2O2. The van der Waals surface area contributed by atoms with E-state index in [2.05, 4.69) is 62.0 Å². The van der Waals surface area contributed by atoms with Gasteiger partial charge >= 0.3 is 0 Å². The van der Waals surface area contributed by atoms with Crippen LogP contribution in [-0.2, 0) is 9.47 Å². The monoisotopic (exact) mass is 308 g/mol. The van der Waals surface area contributed by atoms with Crippen molar-refractivity contribution in [1.82, 2.24) is 0 Å². The van der Waals surface area contributed by atoms with Crippen LogP contribution < -0.4 is 9.80 Å². The second-order valence-electron chi connectivity index (χ2n) is 5.37. The average Bonchev–Trinajstić information content (AvgIpc) is 2.56. The van der Waals surface area contributed by atoms with Crippen molar-refractivity contribution in [2.24, 2.45) is 0 Å². The summed E-state index contributed by atoms with van der Waals surface area (Å²) < 4.78 is 11.5. The fourth-order valence-electron chi connectivity index (χ4n) is 2.65. The quantitative estimate of drug-likeness (QED) is 0.607. The highest BCUT2D eigenvalue weighted by molar-refractivity contribution is 5.56. The van der Waals surface area contributed by atoms with Gasteiger partial charge in [0.05, 0.1) is 0 Å². The summed E-state index contributed by atoms with van der Waals surface area (Å²) in [4.78, 5) is 4.38. The molecule has 0 aromatic heterocycles. The van der Waals surface area contributed by atoms with Crippen LogP contribution in [0.15, 0.2) is 24.3 Å². The topological polar surface area (TPSA) is 24.9 Å². The second-order valence-corrected chi connectivity index (χ2v) is 5.37. The molecular weight excluding hydrogens is 276 g/mol. The Balaban J connectivity index is 2.80. The zero-order valence-corrected chi connectivity index (χ0v) is 15.0. The number of rotatable bonds is 10. The van der Waals surface area contributed by atoms with E-state index in [4.69, 9.17) is 9.47 Å². The Morgan fingerprint density at radius 1 is 0.727 bits per heavy atom.